The summed E-state index contributed by atoms with van der Waals surface area (Å²) in [6.07, 6.45) is 3.84. The number of benzene rings is 3. The standard InChI is InChI=1S/C30H26ClN7O10S2.3Na/c1-2-3-4-17-5-10-20(11-6-17)48-30-34-28(31)33-29(35-30)32-18-7-14-24(50(45,46)47)23(15-18)36-37-25-22(27(40)41)16-38(26(25)39)19-8-12-21(13-9-19)49(42,43)44;;;/h5-16,25H,2-4H2,1H3,(H,40,41)(H,42,43,44)(H,45,46,47)(H,32,33,34,35);;;/q;3*+1/p-3. The molecule has 1 aliphatic rings. The van der Waals surface area contributed by atoms with Gasteiger partial charge in [-0.15, -0.1) is 0 Å². The molecule has 1 aromatic heterocycles. The number of hydrogen-bond acceptors (Lipinski definition) is 16. The number of rotatable bonds is 13. The second-order valence-corrected chi connectivity index (χ2v) is 13.5. The van der Waals surface area contributed by atoms with Gasteiger partial charge in [0.15, 0.2) is 6.04 Å². The van der Waals surface area contributed by atoms with Gasteiger partial charge in [0.1, 0.15) is 31.7 Å². The number of carboxylic acids is 1. The molecule has 0 bridgehead atoms. The van der Waals surface area contributed by atoms with E-state index in [0.29, 0.717) is 5.75 Å². The van der Waals surface area contributed by atoms with Crippen molar-refractivity contribution in [3.05, 3.63) is 89.4 Å². The van der Waals surface area contributed by atoms with Crippen LogP contribution in [0.1, 0.15) is 25.3 Å². The van der Waals surface area contributed by atoms with E-state index in [4.69, 9.17) is 16.3 Å². The van der Waals surface area contributed by atoms with Crippen LogP contribution in [0.4, 0.5) is 23.0 Å². The molecular formula is C30H23ClN7Na3O10S2. The van der Waals surface area contributed by atoms with E-state index in [1.54, 1.807) is 12.1 Å². The van der Waals surface area contributed by atoms with Gasteiger partial charge < -0.3 is 29.1 Å². The first-order chi connectivity index (χ1) is 23.6. The summed E-state index contributed by atoms with van der Waals surface area (Å²) in [6, 6.07) is 12.3. The second-order valence-electron chi connectivity index (χ2n) is 10.5. The van der Waals surface area contributed by atoms with Gasteiger partial charge in [-0.25, -0.2) is 16.8 Å². The van der Waals surface area contributed by atoms with Crippen molar-refractivity contribution < 1.29 is 134 Å². The minimum Gasteiger partial charge on any atom is -0.744 e. The molecule has 1 atom stereocenters. The molecule has 0 radical (unpaired) electrons. The second kappa shape index (κ2) is 20.0. The Kier molecular flexibility index (Phi) is 17.7. The van der Waals surface area contributed by atoms with Gasteiger partial charge >= 0.3 is 94.7 Å². The Morgan fingerprint density at radius 3 is 2.19 bits per heavy atom. The predicted octanol–water partition coefficient (Wildman–Crippen LogP) is -5.64. The van der Waals surface area contributed by atoms with Gasteiger partial charge in [-0.1, -0.05) is 25.5 Å². The van der Waals surface area contributed by atoms with Crippen molar-refractivity contribution in [3.8, 4) is 11.8 Å². The van der Waals surface area contributed by atoms with Crippen molar-refractivity contribution in [1.82, 2.24) is 15.0 Å². The summed E-state index contributed by atoms with van der Waals surface area (Å²) in [6.45, 7) is 2.10. The monoisotopic (exact) mass is 809 g/mol. The molecule has 4 aromatic rings. The van der Waals surface area contributed by atoms with Gasteiger partial charge in [0.05, 0.1) is 15.8 Å². The molecule has 0 saturated heterocycles. The maximum absolute atomic E-state index is 13.2. The van der Waals surface area contributed by atoms with E-state index in [-0.39, 0.29) is 117 Å². The normalized spacial score (nSPS) is 14.1. The number of azo groups is 1. The van der Waals surface area contributed by atoms with Crippen LogP contribution in [0, 0.1) is 0 Å². The summed E-state index contributed by atoms with van der Waals surface area (Å²) in [7, 11) is -9.97. The Morgan fingerprint density at radius 1 is 0.943 bits per heavy atom. The zero-order chi connectivity index (χ0) is 36.2. The van der Waals surface area contributed by atoms with Crippen molar-refractivity contribution in [2.75, 3.05) is 10.2 Å². The molecule has 0 fully saturated rings. The largest absolute Gasteiger partial charge is 1.00 e. The van der Waals surface area contributed by atoms with Gasteiger partial charge in [0.25, 0.3) is 5.91 Å². The van der Waals surface area contributed by atoms with Crippen LogP contribution in [0.25, 0.3) is 0 Å². The van der Waals surface area contributed by atoms with E-state index in [9.17, 15) is 40.6 Å². The van der Waals surface area contributed by atoms with E-state index in [2.05, 4.69) is 37.4 Å². The van der Waals surface area contributed by atoms with Crippen molar-refractivity contribution in [3.63, 3.8) is 0 Å². The van der Waals surface area contributed by atoms with Crippen LogP contribution in [0.5, 0.6) is 11.8 Å². The average molecular weight is 810 g/mol. The Hall–Kier alpha value is -2.34. The number of amides is 1. The SMILES string of the molecule is CCCCc1ccc(Oc2nc(Cl)nc(Nc3ccc(S(=O)(=O)[O-])c(N=NC4C(=O)N(c5ccc(S(=O)(=O)[O-])cc5)C=C4C(=O)[O-])c3)n2)cc1.[Na+].[Na+].[Na+]. The fraction of sp³-hybridized carbons (Fsp3) is 0.167. The molecule has 2 heterocycles. The molecule has 3 aromatic carbocycles. The fourth-order valence-corrected chi connectivity index (χ4v) is 5.78. The number of nitrogens with one attached hydrogen (secondary N) is 1. The number of hydrogen-bond donors (Lipinski definition) is 1. The summed E-state index contributed by atoms with van der Waals surface area (Å²) < 4.78 is 75.5. The number of ether oxygens (including phenoxy) is 1. The van der Waals surface area contributed by atoms with Gasteiger partial charge in [-0.05, 0) is 84.6 Å². The third kappa shape index (κ3) is 12.3. The molecule has 0 spiro atoms. The van der Waals surface area contributed by atoms with Crippen LogP contribution < -0.4 is 109 Å². The summed E-state index contributed by atoms with van der Waals surface area (Å²) in [4.78, 5) is 36.4. The number of carbonyl (C=O) groups excluding carboxylic acids is 2. The number of aliphatic carboxylic acids is 1. The van der Waals surface area contributed by atoms with Gasteiger partial charge in [-0.3, -0.25) is 9.69 Å². The van der Waals surface area contributed by atoms with E-state index in [1.807, 2.05) is 12.1 Å². The summed E-state index contributed by atoms with van der Waals surface area (Å²) in [5.41, 5.74) is -0.124. The van der Waals surface area contributed by atoms with E-state index in [1.165, 1.54) is 6.07 Å². The van der Waals surface area contributed by atoms with E-state index in [0.717, 1.165) is 72.3 Å². The molecule has 23 heteroatoms. The number of halogens is 1. The Morgan fingerprint density at radius 2 is 1.60 bits per heavy atom. The van der Waals surface area contributed by atoms with Gasteiger partial charge in [0, 0.05) is 23.1 Å². The molecule has 0 saturated carbocycles. The number of aromatic nitrogens is 3. The number of carbonyl (C=O) groups is 2. The average Bonchev–Trinajstić information content (AvgIpc) is 3.38. The molecule has 1 unspecified atom stereocenters. The first-order valence-electron chi connectivity index (χ1n) is 14.4. The Labute approximate surface area is 375 Å². The first-order valence-corrected chi connectivity index (χ1v) is 17.6. The molecule has 1 N–H and O–H groups in total. The minimum absolute atomic E-state index is 0. The third-order valence-corrected chi connectivity index (χ3v) is 8.88. The fourth-order valence-electron chi connectivity index (χ4n) is 4.57. The quantitative estimate of drug-likeness (QED) is 0.0751. The number of unbranched alkanes of at least 4 members (excludes halogenated alkanes) is 1. The van der Waals surface area contributed by atoms with Crippen molar-refractivity contribution >= 4 is 66.7 Å². The third-order valence-electron chi connectivity index (χ3n) is 6.98. The number of nitrogens with zero attached hydrogens (tertiary/aromatic N) is 6. The van der Waals surface area contributed by atoms with Crippen LogP contribution in [0.3, 0.4) is 0 Å². The van der Waals surface area contributed by atoms with Gasteiger partial charge in [0.2, 0.25) is 11.2 Å². The smallest absolute Gasteiger partial charge is 0.744 e. The van der Waals surface area contributed by atoms with E-state index < -0.39 is 59.2 Å². The molecule has 1 amide bonds. The number of carboxylic acid groups (broad SMARTS) is 1. The summed E-state index contributed by atoms with van der Waals surface area (Å²) >= 11 is 6.07. The molecule has 0 aliphatic carbocycles. The van der Waals surface area contributed by atoms with Crippen molar-refractivity contribution in [2.45, 2.75) is 42.0 Å². The Bertz CT molecular complexity index is 2250. The number of aryl methyl sites for hydroxylation is 1. The van der Waals surface area contributed by atoms with Crippen LogP contribution in [0.15, 0.2) is 98.5 Å². The molecule has 5 rings (SSSR count). The van der Waals surface area contributed by atoms with Crippen molar-refractivity contribution in [2.24, 2.45) is 10.2 Å². The topological polar surface area (TPSA) is 259 Å². The van der Waals surface area contributed by atoms with E-state index >= 15 is 0 Å². The Balaban J connectivity index is 0.00000324. The molecule has 260 valence electrons. The maximum Gasteiger partial charge on any atom is 1.00 e. The van der Waals surface area contributed by atoms with Crippen LogP contribution in [-0.2, 0) is 36.2 Å². The number of anilines is 3. The van der Waals surface area contributed by atoms with Gasteiger partial charge in [-0.2, -0.15) is 25.2 Å². The zero-order valence-corrected chi connectivity index (χ0v) is 37.0. The summed E-state index contributed by atoms with van der Waals surface area (Å²) in [5.74, 6) is -2.56. The first kappa shape index (κ1) is 46.8. The summed E-state index contributed by atoms with van der Waals surface area (Å²) in [5, 5.41) is 21.8. The molecule has 1 aliphatic heterocycles. The van der Waals surface area contributed by atoms with Crippen LogP contribution >= 0.6 is 11.6 Å². The van der Waals surface area contributed by atoms with Crippen LogP contribution in [0.2, 0.25) is 5.28 Å². The molecule has 53 heavy (non-hydrogen) atoms. The zero-order valence-electron chi connectivity index (χ0n) is 28.6. The minimum atomic E-state index is -5.17. The van der Waals surface area contributed by atoms with Crippen LogP contribution in [-0.4, -0.2) is 58.8 Å². The maximum atomic E-state index is 13.2. The molecular weight excluding hydrogens is 787 g/mol. The predicted molar refractivity (Wildman–Crippen MR) is 171 cm³/mol. The van der Waals surface area contributed by atoms with Crippen molar-refractivity contribution in [1.29, 1.82) is 0 Å². The molecule has 17 nitrogen and oxygen atoms in total.